The van der Waals surface area contributed by atoms with Crippen molar-refractivity contribution in [1.29, 1.82) is 0 Å². The van der Waals surface area contributed by atoms with E-state index in [0.29, 0.717) is 6.54 Å². The zero-order chi connectivity index (χ0) is 14.5. The lowest BCUT2D eigenvalue weighted by molar-refractivity contribution is 0.122. The number of nitrogens with zero attached hydrogens (tertiary/aromatic N) is 4. The zero-order valence-corrected chi connectivity index (χ0v) is 12.3. The first-order valence-electron chi connectivity index (χ1n) is 6.22. The third-order valence-electron chi connectivity index (χ3n) is 2.75. The highest BCUT2D eigenvalue weighted by molar-refractivity contribution is 5.85. The number of alkyl halides is 3. The highest BCUT2D eigenvalue weighted by Crippen LogP contribution is 2.14. The fraction of sp³-hybridized carbons (Fsp3) is 0.500. The Kier molecular flexibility index (Phi) is 6.54. The van der Waals surface area contributed by atoms with Crippen LogP contribution in [0.15, 0.2) is 18.6 Å². The summed E-state index contributed by atoms with van der Waals surface area (Å²) in [7, 11) is 0. The van der Waals surface area contributed by atoms with E-state index in [0.717, 1.165) is 16.9 Å². The molecule has 0 radical (unpaired) electrons. The van der Waals surface area contributed by atoms with E-state index in [1.807, 2.05) is 6.92 Å². The van der Waals surface area contributed by atoms with Gasteiger partial charge in [0.25, 0.3) is 6.43 Å². The van der Waals surface area contributed by atoms with Crippen LogP contribution in [0.3, 0.4) is 0 Å². The molecule has 0 atom stereocenters. The Morgan fingerprint density at radius 3 is 2.71 bits per heavy atom. The van der Waals surface area contributed by atoms with Crippen molar-refractivity contribution in [3.05, 3.63) is 29.8 Å². The molecule has 0 aromatic carbocycles. The molecule has 0 spiro atoms. The number of hydrogen-bond acceptors (Lipinski definition) is 3. The second-order valence-electron chi connectivity index (χ2n) is 4.40. The van der Waals surface area contributed by atoms with E-state index in [1.54, 1.807) is 12.4 Å². The van der Waals surface area contributed by atoms with Crippen LogP contribution in [0.4, 0.5) is 18.9 Å². The van der Waals surface area contributed by atoms with Crippen molar-refractivity contribution in [2.45, 2.75) is 33.0 Å². The zero-order valence-electron chi connectivity index (χ0n) is 11.5. The van der Waals surface area contributed by atoms with Crippen LogP contribution in [0.1, 0.15) is 11.3 Å². The fourth-order valence-corrected chi connectivity index (χ4v) is 1.83. The van der Waals surface area contributed by atoms with Gasteiger partial charge in [-0.25, -0.2) is 13.2 Å². The van der Waals surface area contributed by atoms with Gasteiger partial charge >= 0.3 is 0 Å². The van der Waals surface area contributed by atoms with E-state index in [2.05, 4.69) is 15.5 Å². The maximum Gasteiger partial charge on any atom is 0.257 e. The predicted molar refractivity (Wildman–Crippen MR) is 75.7 cm³/mol. The van der Waals surface area contributed by atoms with Gasteiger partial charge in [-0.1, -0.05) is 0 Å². The molecule has 2 aromatic rings. The minimum atomic E-state index is -2.42. The van der Waals surface area contributed by atoms with E-state index in [4.69, 9.17) is 0 Å². The molecule has 0 aliphatic rings. The largest absolute Gasteiger partial charge is 0.378 e. The first-order valence-corrected chi connectivity index (χ1v) is 6.22. The van der Waals surface area contributed by atoms with Crippen molar-refractivity contribution < 1.29 is 13.2 Å². The first-order chi connectivity index (χ1) is 9.58. The van der Waals surface area contributed by atoms with E-state index in [-0.39, 0.29) is 19.0 Å². The Labute approximate surface area is 126 Å². The van der Waals surface area contributed by atoms with E-state index >= 15 is 0 Å². The van der Waals surface area contributed by atoms with Crippen LogP contribution in [0, 0.1) is 6.92 Å². The van der Waals surface area contributed by atoms with Gasteiger partial charge in [0.05, 0.1) is 24.1 Å². The normalized spacial score (nSPS) is 10.7. The van der Waals surface area contributed by atoms with Crippen LogP contribution in [0.2, 0.25) is 0 Å². The fourth-order valence-electron chi connectivity index (χ4n) is 1.83. The molecule has 2 heterocycles. The predicted octanol–water partition coefficient (Wildman–Crippen LogP) is 2.66. The molecule has 0 bridgehead atoms. The number of halogens is 4. The van der Waals surface area contributed by atoms with E-state index < -0.39 is 19.6 Å². The van der Waals surface area contributed by atoms with E-state index in [9.17, 15) is 13.2 Å². The lowest BCUT2D eigenvalue weighted by Gasteiger charge is -2.02. The van der Waals surface area contributed by atoms with E-state index in [1.165, 1.54) is 15.6 Å². The monoisotopic (exact) mass is 323 g/mol. The van der Waals surface area contributed by atoms with Crippen LogP contribution in [0.25, 0.3) is 0 Å². The summed E-state index contributed by atoms with van der Waals surface area (Å²) in [5.74, 6) is 0. The number of rotatable bonds is 7. The second-order valence-corrected chi connectivity index (χ2v) is 4.40. The quantitative estimate of drug-likeness (QED) is 0.852. The van der Waals surface area contributed by atoms with Crippen LogP contribution in [-0.4, -0.2) is 32.7 Å². The minimum absolute atomic E-state index is 0. The molecule has 0 fully saturated rings. The average Bonchev–Trinajstić information content (AvgIpc) is 2.94. The maximum atomic E-state index is 12.2. The second kappa shape index (κ2) is 7.92. The molecule has 2 rings (SSSR count). The molecule has 9 heteroatoms. The topological polar surface area (TPSA) is 47.7 Å². The van der Waals surface area contributed by atoms with Crippen molar-refractivity contribution >= 4 is 18.1 Å². The number of anilines is 1. The van der Waals surface area contributed by atoms with Gasteiger partial charge in [0.15, 0.2) is 0 Å². The summed E-state index contributed by atoms with van der Waals surface area (Å²) in [5.41, 5.74) is 2.35. The van der Waals surface area contributed by atoms with Crippen molar-refractivity contribution in [2.75, 3.05) is 12.0 Å². The molecule has 21 heavy (non-hydrogen) atoms. The molecule has 118 valence electrons. The Balaban J connectivity index is 0.00000220. The van der Waals surface area contributed by atoms with Crippen molar-refractivity contribution in [3.63, 3.8) is 0 Å². The molecule has 0 amide bonds. The smallest absolute Gasteiger partial charge is 0.257 e. The highest BCUT2D eigenvalue weighted by Gasteiger charge is 2.07. The van der Waals surface area contributed by atoms with Crippen molar-refractivity contribution in [1.82, 2.24) is 19.6 Å². The number of nitrogens with one attached hydrogen (secondary N) is 1. The summed E-state index contributed by atoms with van der Waals surface area (Å²) >= 11 is 0. The Morgan fingerprint density at radius 2 is 2.05 bits per heavy atom. The van der Waals surface area contributed by atoms with Gasteiger partial charge in [-0.05, 0) is 6.92 Å². The molecule has 0 saturated carbocycles. The lowest BCUT2D eigenvalue weighted by Crippen LogP contribution is -2.06. The Morgan fingerprint density at radius 1 is 1.29 bits per heavy atom. The Hall–Kier alpha value is -1.70. The standard InChI is InChI=1S/C12H16F3N5.ClH/c1-9-11(7-19(18-9)3-2-13)16-4-10-5-17-20(6-10)8-12(14)15;/h5-7,12,16H,2-4,8H2,1H3;1H. The van der Waals surface area contributed by atoms with Crippen molar-refractivity contribution in [2.24, 2.45) is 0 Å². The van der Waals surface area contributed by atoms with Gasteiger partial charge in [-0.2, -0.15) is 10.2 Å². The molecule has 0 aliphatic heterocycles. The summed E-state index contributed by atoms with van der Waals surface area (Å²) in [6.45, 7) is 1.60. The molecule has 2 aromatic heterocycles. The van der Waals surface area contributed by atoms with Crippen molar-refractivity contribution in [3.8, 4) is 0 Å². The molecule has 0 unspecified atom stereocenters. The van der Waals surface area contributed by atoms with Crippen LogP contribution >= 0.6 is 12.4 Å². The molecule has 0 aliphatic carbocycles. The van der Waals surface area contributed by atoms with Gasteiger partial charge < -0.3 is 5.32 Å². The molecular weight excluding hydrogens is 307 g/mol. The number of hydrogen-bond donors (Lipinski definition) is 1. The van der Waals surface area contributed by atoms with Gasteiger partial charge in [0, 0.05) is 24.5 Å². The Bertz CT molecular complexity index is 555. The van der Waals surface area contributed by atoms with Gasteiger partial charge in [-0.15, -0.1) is 12.4 Å². The summed E-state index contributed by atoms with van der Waals surface area (Å²) in [6, 6.07) is 0. The van der Waals surface area contributed by atoms with Gasteiger partial charge in [-0.3, -0.25) is 9.36 Å². The number of aromatic nitrogens is 4. The van der Waals surface area contributed by atoms with Gasteiger partial charge in [0.2, 0.25) is 0 Å². The summed E-state index contributed by atoms with van der Waals surface area (Å²) < 4.78 is 39.3. The molecular formula is C12H17ClF3N5. The van der Waals surface area contributed by atoms with Gasteiger partial charge in [0.1, 0.15) is 13.2 Å². The maximum absolute atomic E-state index is 12.2. The lowest BCUT2D eigenvalue weighted by atomic mass is 10.3. The molecule has 0 saturated heterocycles. The van der Waals surface area contributed by atoms with Crippen LogP contribution < -0.4 is 5.32 Å². The molecule has 1 N–H and O–H groups in total. The SMILES string of the molecule is Cc1nn(CCF)cc1NCc1cnn(CC(F)F)c1.Cl. The minimum Gasteiger partial charge on any atom is -0.378 e. The third kappa shape index (κ3) is 4.96. The number of aryl methyl sites for hydroxylation is 2. The summed E-state index contributed by atoms with van der Waals surface area (Å²) in [6.07, 6.45) is 2.41. The van der Waals surface area contributed by atoms with Crippen LogP contribution in [0.5, 0.6) is 0 Å². The van der Waals surface area contributed by atoms with Crippen LogP contribution in [-0.2, 0) is 19.6 Å². The highest BCUT2D eigenvalue weighted by atomic mass is 35.5. The molecule has 5 nitrogen and oxygen atoms in total. The third-order valence-corrected chi connectivity index (χ3v) is 2.75. The average molecular weight is 324 g/mol. The summed E-state index contributed by atoms with van der Waals surface area (Å²) in [5, 5.41) is 11.1. The summed E-state index contributed by atoms with van der Waals surface area (Å²) in [4.78, 5) is 0. The first kappa shape index (κ1) is 17.4.